The molecule has 3 aromatic rings. The zero-order chi connectivity index (χ0) is 23.4. The number of likely N-dealkylation sites (tertiary alicyclic amines) is 1. The summed E-state index contributed by atoms with van der Waals surface area (Å²) in [4.78, 5) is 35.8. The first-order valence-electron chi connectivity index (χ1n) is 10.8. The second-order valence-corrected chi connectivity index (χ2v) is 8.30. The molecule has 1 fully saturated rings. The van der Waals surface area contributed by atoms with Crippen molar-refractivity contribution in [1.29, 1.82) is 0 Å². The van der Waals surface area contributed by atoms with Crippen LogP contribution in [-0.4, -0.2) is 38.3 Å². The summed E-state index contributed by atoms with van der Waals surface area (Å²) in [6.07, 6.45) is 6.51. The lowest BCUT2D eigenvalue weighted by Crippen LogP contribution is -2.29. The van der Waals surface area contributed by atoms with Crippen LogP contribution < -0.4 is 4.74 Å². The summed E-state index contributed by atoms with van der Waals surface area (Å²) >= 11 is 0. The van der Waals surface area contributed by atoms with Crippen molar-refractivity contribution in [3.63, 3.8) is 0 Å². The van der Waals surface area contributed by atoms with Crippen molar-refractivity contribution in [2.45, 2.75) is 26.4 Å². The molecule has 1 amide bonds. The summed E-state index contributed by atoms with van der Waals surface area (Å²) in [6.45, 7) is 4.87. The van der Waals surface area contributed by atoms with Crippen LogP contribution in [0.1, 0.15) is 36.6 Å². The van der Waals surface area contributed by atoms with Crippen molar-refractivity contribution in [3.05, 3.63) is 95.6 Å². The van der Waals surface area contributed by atoms with Crippen LogP contribution in [0.4, 0.5) is 0 Å². The Morgan fingerprint density at radius 2 is 1.73 bits per heavy atom. The molecule has 0 aliphatic carbocycles. The zero-order valence-electron chi connectivity index (χ0n) is 18.5. The number of carbonyl (C=O) groups excluding carboxylic acids is 2. The van der Waals surface area contributed by atoms with Gasteiger partial charge in [-0.15, -0.1) is 0 Å². The van der Waals surface area contributed by atoms with Gasteiger partial charge >= 0.3 is 0 Å². The van der Waals surface area contributed by atoms with Gasteiger partial charge in [-0.2, -0.15) is 0 Å². The maximum Gasteiger partial charge on any atom is 0.295 e. The van der Waals surface area contributed by atoms with Crippen LogP contribution in [-0.2, 0) is 16.1 Å². The van der Waals surface area contributed by atoms with E-state index in [1.54, 1.807) is 67.3 Å². The molecule has 1 aliphatic heterocycles. The number of amides is 1. The highest BCUT2D eigenvalue weighted by Crippen LogP contribution is 2.40. The molecule has 168 valence electrons. The summed E-state index contributed by atoms with van der Waals surface area (Å²) in [5.74, 6) is -0.586. The van der Waals surface area contributed by atoms with E-state index in [9.17, 15) is 14.7 Å². The summed E-state index contributed by atoms with van der Waals surface area (Å²) < 4.78 is 5.70. The molecule has 3 heterocycles. The van der Waals surface area contributed by atoms with Gasteiger partial charge in [0.15, 0.2) is 0 Å². The van der Waals surface area contributed by atoms with Crippen molar-refractivity contribution in [2.24, 2.45) is 5.92 Å². The molecule has 7 heteroatoms. The van der Waals surface area contributed by atoms with Gasteiger partial charge in [-0.25, -0.2) is 0 Å². The molecule has 7 nitrogen and oxygen atoms in total. The molecule has 4 rings (SSSR count). The monoisotopic (exact) mass is 443 g/mol. The summed E-state index contributed by atoms with van der Waals surface area (Å²) in [5.41, 5.74) is 1.88. The van der Waals surface area contributed by atoms with Crippen molar-refractivity contribution in [2.75, 3.05) is 6.61 Å². The van der Waals surface area contributed by atoms with Crippen LogP contribution in [0, 0.1) is 5.92 Å². The first-order chi connectivity index (χ1) is 16.0. The second-order valence-electron chi connectivity index (χ2n) is 8.30. The number of hydrogen-bond donors (Lipinski definition) is 1. The maximum atomic E-state index is 13.1. The Labute approximate surface area is 192 Å². The third-order valence-corrected chi connectivity index (χ3v) is 5.33. The molecule has 0 unspecified atom stereocenters. The van der Waals surface area contributed by atoms with E-state index in [4.69, 9.17) is 4.74 Å². The first-order valence-corrected chi connectivity index (χ1v) is 10.8. The van der Waals surface area contributed by atoms with E-state index in [0.29, 0.717) is 29.4 Å². The van der Waals surface area contributed by atoms with Gasteiger partial charge in [-0.05, 0) is 53.4 Å². The molecule has 0 saturated carbocycles. The zero-order valence-corrected chi connectivity index (χ0v) is 18.5. The molecule has 2 aromatic heterocycles. The van der Waals surface area contributed by atoms with E-state index < -0.39 is 17.7 Å². The van der Waals surface area contributed by atoms with E-state index in [0.717, 1.165) is 5.56 Å². The van der Waals surface area contributed by atoms with Crippen LogP contribution in [0.2, 0.25) is 0 Å². The molecule has 0 radical (unpaired) electrons. The Morgan fingerprint density at radius 3 is 2.33 bits per heavy atom. The molecule has 0 bridgehead atoms. The van der Waals surface area contributed by atoms with Crippen molar-refractivity contribution in [3.8, 4) is 5.75 Å². The van der Waals surface area contributed by atoms with Gasteiger partial charge in [-0.3, -0.25) is 19.6 Å². The van der Waals surface area contributed by atoms with Gasteiger partial charge in [0.05, 0.1) is 18.2 Å². The van der Waals surface area contributed by atoms with Gasteiger partial charge in [0, 0.05) is 36.9 Å². The van der Waals surface area contributed by atoms with Crippen LogP contribution in [0.25, 0.3) is 5.76 Å². The standard InChI is InChI=1S/C26H25N3O4/c1-17(2)16-33-21-9-7-19(8-10-21)24(30)22-23(20-6-4-12-28-14-20)29(26(32)25(22)31)15-18-5-3-11-27-13-18/h3-14,17,23,30H,15-16H2,1-2H3/b24-22+/t23-/m0/s1. The predicted molar refractivity (Wildman–Crippen MR) is 123 cm³/mol. The lowest BCUT2D eigenvalue weighted by Gasteiger charge is -2.25. The number of Topliss-reactive ketones (excluding diaryl/α,β-unsaturated/α-hetero) is 1. The number of ketones is 1. The van der Waals surface area contributed by atoms with Crippen molar-refractivity contribution >= 4 is 17.4 Å². The second kappa shape index (κ2) is 9.65. The average Bonchev–Trinajstić information content (AvgIpc) is 3.09. The van der Waals surface area contributed by atoms with Crippen molar-refractivity contribution < 1.29 is 19.4 Å². The Kier molecular flexibility index (Phi) is 6.49. The number of nitrogens with zero attached hydrogens (tertiary/aromatic N) is 3. The maximum absolute atomic E-state index is 13.1. The quantitative estimate of drug-likeness (QED) is 0.335. The molecule has 33 heavy (non-hydrogen) atoms. The lowest BCUT2D eigenvalue weighted by atomic mass is 9.96. The van der Waals surface area contributed by atoms with Crippen LogP contribution >= 0.6 is 0 Å². The van der Waals surface area contributed by atoms with Crippen LogP contribution in [0.15, 0.2) is 78.9 Å². The van der Waals surface area contributed by atoms with Gasteiger partial charge < -0.3 is 14.7 Å². The SMILES string of the molecule is CC(C)COc1ccc(/C(O)=C2\C(=O)C(=O)N(Cc3cccnc3)[C@H]2c2cccnc2)cc1. The molecule has 1 saturated heterocycles. The molecular formula is C26H25N3O4. The third-order valence-electron chi connectivity index (χ3n) is 5.33. The number of benzene rings is 1. The minimum Gasteiger partial charge on any atom is -0.507 e. The van der Waals surface area contributed by atoms with E-state index in [2.05, 4.69) is 23.8 Å². The normalized spacial score (nSPS) is 17.5. The minimum absolute atomic E-state index is 0.0349. The van der Waals surface area contributed by atoms with E-state index in [1.807, 2.05) is 6.07 Å². The molecule has 1 N–H and O–H groups in total. The van der Waals surface area contributed by atoms with Gasteiger partial charge in [0.2, 0.25) is 0 Å². The first kappa shape index (κ1) is 22.2. The number of pyridine rings is 2. The number of aliphatic hydroxyl groups is 1. The number of rotatable bonds is 7. The number of ether oxygens (including phenoxy) is 1. The Hall–Kier alpha value is -4.00. The fourth-order valence-corrected chi connectivity index (χ4v) is 3.74. The number of aliphatic hydroxyl groups excluding tert-OH is 1. The fraction of sp³-hybridized carbons (Fsp3) is 0.231. The molecule has 1 aliphatic rings. The van der Waals surface area contributed by atoms with Crippen LogP contribution in [0.3, 0.4) is 0 Å². The molecule has 1 atom stereocenters. The molecule has 1 aromatic carbocycles. The van der Waals surface area contributed by atoms with Gasteiger partial charge in [0.1, 0.15) is 11.5 Å². The van der Waals surface area contributed by atoms with Gasteiger partial charge in [-0.1, -0.05) is 26.0 Å². The predicted octanol–water partition coefficient (Wildman–Crippen LogP) is 4.13. The Bertz CT molecular complexity index is 1160. The number of hydrogen-bond acceptors (Lipinski definition) is 6. The Morgan fingerprint density at radius 1 is 1.03 bits per heavy atom. The van der Waals surface area contributed by atoms with E-state index in [-0.39, 0.29) is 17.9 Å². The van der Waals surface area contributed by atoms with Gasteiger partial charge in [0.25, 0.3) is 11.7 Å². The summed E-state index contributed by atoms with van der Waals surface area (Å²) in [5, 5.41) is 11.1. The van der Waals surface area contributed by atoms with E-state index in [1.165, 1.54) is 4.90 Å². The Balaban J connectivity index is 1.74. The molecular weight excluding hydrogens is 418 g/mol. The number of aromatic nitrogens is 2. The number of carbonyl (C=O) groups is 2. The third kappa shape index (κ3) is 4.77. The van der Waals surface area contributed by atoms with Crippen LogP contribution in [0.5, 0.6) is 5.75 Å². The average molecular weight is 444 g/mol. The largest absolute Gasteiger partial charge is 0.507 e. The smallest absolute Gasteiger partial charge is 0.295 e. The lowest BCUT2D eigenvalue weighted by molar-refractivity contribution is -0.140. The molecule has 0 spiro atoms. The highest BCUT2D eigenvalue weighted by molar-refractivity contribution is 6.46. The summed E-state index contributed by atoms with van der Waals surface area (Å²) in [6, 6.07) is 13.2. The highest BCUT2D eigenvalue weighted by Gasteiger charge is 2.46. The minimum atomic E-state index is -0.768. The topological polar surface area (TPSA) is 92.6 Å². The van der Waals surface area contributed by atoms with E-state index >= 15 is 0 Å². The van der Waals surface area contributed by atoms with Crippen molar-refractivity contribution in [1.82, 2.24) is 14.9 Å². The highest BCUT2D eigenvalue weighted by atomic mass is 16.5. The summed E-state index contributed by atoms with van der Waals surface area (Å²) in [7, 11) is 0. The fourth-order valence-electron chi connectivity index (χ4n) is 3.74.